The van der Waals surface area contributed by atoms with Gasteiger partial charge < -0.3 is 10.4 Å². The Hall–Kier alpha value is -3.13. The van der Waals surface area contributed by atoms with Crippen molar-refractivity contribution in [3.05, 3.63) is 58.1 Å². The van der Waals surface area contributed by atoms with Gasteiger partial charge in [-0.25, -0.2) is 8.42 Å². The molecule has 2 aromatic carbocycles. The van der Waals surface area contributed by atoms with Crippen LogP contribution in [0.3, 0.4) is 0 Å². The number of rotatable bonds is 7. The summed E-state index contributed by atoms with van der Waals surface area (Å²) in [7, 11) is -3.39. The van der Waals surface area contributed by atoms with Gasteiger partial charge in [0.2, 0.25) is 0 Å². The lowest BCUT2D eigenvalue weighted by Gasteiger charge is -2.23. The zero-order valence-corrected chi connectivity index (χ0v) is 19.2. The fraction of sp³-hybridized carbons (Fsp3) is 0.286. The lowest BCUT2D eigenvalue weighted by molar-refractivity contribution is -0.124. The maximum atomic E-state index is 12.6. The zero-order valence-electron chi connectivity index (χ0n) is 17.6. The molecule has 9 nitrogen and oxygen atoms in total. The number of nitriles is 1. The number of amides is 2. The number of carbonyl (C=O) groups excluding carboxylic acids is 2. The molecule has 0 unspecified atom stereocenters. The number of carbonyl (C=O) groups is 2. The van der Waals surface area contributed by atoms with Gasteiger partial charge in [-0.1, -0.05) is 18.5 Å². The number of anilines is 1. The number of nitrogens with one attached hydrogen (secondary N) is 3. The first kappa shape index (κ1) is 25.1. The van der Waals surface area contributed by atoms with Gasteiger partial charge in [0.25, 0.3) is 11.8 Å². The van der Waals surface area contributed by atoms with E-state index in [0.29, 0.717) is 11.3 Å². The first-order valence-electron chi connectivity index (χ1n) is 9.58. The van der Waals surface area contributed by atoms with Gasteiger partial charge in [-0.2, -0.15) is 5.26 Å². The lowest BCUT2D eigenvalue weighted by atomic mass is 10.1. The largest absolute Gasteiger partial charge is 0.391 e. The number of hydrazine groups is 1. The number of sulfone groups is 1. The predicted molar refractivity (Wildman–Crippen MR) is 120 cm³/mol. The molecule has 2 atom stereocenters. The molecule has 11 heteroatoms. The third-order valence-corrected chi connectivity index (χ3v) is 6.98. The summed E-state index contributed by atoms with van der Waals surface area (Å²) in [5, 5.41) is 22.2. The normalized spacial score (nSPS) is 12.9. The van der Waals surface area contributed by atoms with Gasteiger partial charge in [-0.15, -0.1) is 0 Å². The molecule has 2 amide bonds. The molecule has 170 valence electrons. The molecule has 0 radical (unpaired) electrons. The maximum absolute atomic E-state index is 12.6. The molecule has 0 heterocycles. The maximum Gasteiger partial charge on any atom is 0.269 e. The van der Waals surface area contributed by atoms with Crippen molar-refractivity contribution in [2.24, 2.45) is 0 Å². The van der Waals surface area contributed by atoms with E-state index in [9.17, 15) is 23.1 Å². The van der Waals surface area contributed by atoms with Crippen LogP contribution in [0.5, 0.6) is 0 Å². The molecule has 0 fully saturated rings. The SMILES string of the molecule is CCS(=O)(=O)c1ccc(C(=O)NNC(=O)[C@H](Nc2ccc(C#N)c(Cl)c2C)[C@@H](C)O)cc1. The van der Waals surface area contributed by atoms with Crippen molar-refractivity contribution in [2.45, 2.75) is 37.8 Å². The molecular weight excluding hydrogens is 456 g/mol. The van der Waals surface area contributed by atoms with Crippen LogP contribution in [0.4, 0.5) is 5.69 Å². The topological polar surface area (TPSA) is 148 Å². The monoisotopic (exact) mass is 478 g/mol. The molecule has 2 aromatic rings. The minimum absolute atomic E-state index is 0.0632. The van der Waals surface area contributed by atoms with Crippen molar-refractivity contribution in [3.8, 4) is 6.07 Å². The number of hydrogen-bond donors (Lipinski definition) is 4. The van der Waals surface area contributed by atoms with Crippen molar-refractivity contribution in [3.63, 3.8) is 0 Å². The smallest absolute Gasteiger partial charge is 0.269 e. The van der Waals surface area contributed by atoms with E-state index in [1.165, 1.54) is 44.2 Å². The second-order valence-corrected chi connectivity index (χ2v) is 9.60. The van der Waals surface area contributed by atoms with Crippen LogP contribution in [0.2, 0.25) is 5.02 Å². The molecule has 0 saturated carbocycles. The summed E-state index contributed by atoms with van der Waals surface area (Å²) >= 11 is 6.14. The van der Waals surface area contributed by atoms with E-state index in [4.69, 9.17) is 16.9 Å². The van der Waals surface area contributed by atoms with Gasteiger partial charge in [-0.3, -0.25) is 20.4 Å². The Morgan fingerprint density at radius 2 is 1.78 bits per heavy atom. The zero-order chi connectivity index (χ0) is 24.1. The van der Waals surface area contributed by atoms with E-state index in [0.717, 1.165) is 0 Å². The highest BCUT2D eigenvalue weighted by Crippen LogP contribution is 2.27. The number of halogens is 1. The molecule has 0 aromatic heterocycles. The summed E-state index contributed by atoms with van der Waals surface area (Å²) in [5.74, 6) is -1.45. The second kappa shape index (κ2) is 10.5. The van der Waals surface area contributed by atoms with Gasteiger partial charge >= 0.3 is 0 Å². The summed E-state index contributed by atoms with van der Waals surface area (Å²) in [5.41, 5.74) is 5.83. The van der Waals surface area contributed by atoms with E-state index in [1.807, 2.05) is 6.07 Å². The molecular formula is C21H23ClN4O5S. The molecule has 0 bridgehead atoms. The third kappa shape index (κ3) is 5.76. The first-order valence-corrected chi connectivity index (χ1v) is 11.6. The van der Waals surface area contributed by atoms with Crippen molar-refractivity contribution < 1.29 is 23.1 Å². The van der Waals surface area contributed by atoms with Crippen LogP contribution in [-0.2, 0) is 14.6 Å². The van der Waals surface area contributed by atoms with Crippen LogP contribution in [0.1, 0.15) is 35.3 Å². The molecule has 32 heavy (non-hydrogen) atoms. The summed E-state index contributed by atoms with van der Waals surface area (Å²) in [6.07, 6.45) is -1.14. The van der Waals surface area contributed by atoms with Crippen LogP contribution in [0, 0.1) is 18.3 Å². The fourth-order valence-electron chi connectivity index (χ4n) is 2.75. The summed E-state index contributed by atoms with van der Waals surface area (Å²) in [4.78, 5) is 24.9. The Kier molecular flexibility index (Phi) is 8.21. The number of nitrogens with zero attached hydrogens (tertiary/aromatic N) is 1. The highest BCUT2D eigenvalue weighted by atomic mass is 35.5. The fourth-order valence-corrected chi connectivity index (χ4v) is 3.84. The number of aliphatic hydroxyl groups excluding tert-OH is 1. The Morgan fingerprint density at radius 1 is 1.16 bits per heavy atom. The summed E-state index contributed by atoms with van der Waals surface area (Å²) in [6, 6.07) is 9.15. The van der Waals surface area contributed by atoms with Crippen LogP contribution in [0.15, 0.2) is 41.3 Å². The number of aliphatic hydroxyl groups is 1. The molecule has 0 saturated heterocycles. The Labute approximate surface area is 191 Å². The van der Waals surface area contributed by atoms with Crippen LogP contribution in [-0.4, -0.2) is 43.2 Å². The standard InChI is InChI=1S/C21H23ClN4O5S/c1-4-32(30,31)16-8-5-14(6-9-16)20(28)25-26-21(29)19(13(3)27)24-17-10-7-15(11-23)18(22)12(17)2/h5-10,13,19,24,27H,4H2,1-3H3,(H,25,28)(H,26,29)/t13-,19-/m1/s1. The van der Waals surface area contributed by atoms with Crippen LogP contribution >= 0.6 is 11.6 Å². The molecule has 0 aliphatic heterocycles. The average Bonchev–Trinajstić information content (AvgIpc) is 2.78. The number of benzene rings is 2. The minimum atomic E-state index is -3.39. The van der Waals surface area contributed by atoms with Gasteiger partial charge in [0, 0.05) is 11.3 Å². The summed E-state index contributed by atoms with van der Waals surface area (Å²) < 4.78 is 23.7. The Morgan fingerprint density at radius 3 is 2.31 bits per heavy atom. The summed E-state index contributed by atoms with van der Waals surface area (Å²) in [6.45, 7) is 4.57. The van der Waals surface area contributed by atoms with Crippen molar-refractivity contribution in [1.29, 1.82) is 5.26 Å². The lowest BCUT2D eigenvalue weighted by Crippen LogP contribution is -2.52. The van der Waals surface area contributed by atoms with E-state index in [2.05, 4.69) is 16.2 Å². The predicted octanol–water partition coefficient (Wildman–Crippen LogP) is 1.94. The molecule has 0 spiro atoms. The highest BCUT2D eigenvalue weighted by Gasteiger charge is 2.25. The average molecular weight is 479 g/mol. The number of hydrogen-bond acceptors (Lipinski definition) is 7. The molecule has 2 rings (SSSR count). The van der Waals surface area contributed by atoms with Crippen LogP contribution in [0.25, 0.3) is 0 Å². The van der Waals surface area contributed by atoms with E-state index in [-0.39, 0.29) is 26.8 Å². The van der Waals surface area contributed by atoms with Gasteiger partial charge in [-0.05, 0) is 55.8 Å². The van der Waals surface area contributed by atoms with Crippen molar-refractivity contribution >= 4 is 38.9 Å². The third-order valence-electron chi connectivity index (χ3n) is 4.74. The van der Waals surface area contributed by atoms with Crippen LogP contribution < -0.4 is 16.2 Å². The second-order valence-electron chi connectivity index (χ2n) is 6.95. The quantitative estimate of drug-likeness (QED) is 0.444. The highest BCUT2D eigenvalue weighted by molar-refractivity contribution is 7.91. The van der Waals surface area contributed by atoms with E-state index < -0.39 is 33.8 Å². The van der Waals surface area contributed by atoms with Gasteiger partial charge in [0.15, 0.2) is 9.84 Å². The Bertz CT molecular complexity index is 1160. The van der Waals surface area contributed by atoms with Gasteiger partial charge in [0.05, 0.1) is 27.3 Å². The van der Waals surface area contributed by atoms with E-state index in [1.54, 1.807) is 13.0 Å². The molecule has 4 N–H and O–H groups in total. The Balaban J connectivity index is 2.08. The molecule has 0 aliphatic rings. The van der Waals surface area contributed by atoms with Gasteiger partial charge in [0.1, 0.15) is 12.1 Å². The minimum Gasteiger partial charge on any atom is -0.391 e. The first-order chi connectivity index (χ1) is 15.0. The van der Waals surface area contributed by atoms with E-state index >= 15 is 0 Å². The van der Waals surface area contributed by atoms with Crippen molar-refractivity contribution in [1.82, 2.24) is 10.9 Å². The molecule has 0 aliphatic carbocycles. The van der Waals surface area contributed by atoms with Crippen molar-refractivity contribution in [2.75, 3.05) is 11.1 Å².